The molecule has 4 heteroatoms. The smallest absolute Gasteiger partial charge is 0.124 e. The normalized spacial score (nSPS) is 16.8. The highest BCUT2D eigenvalue weighted by atomic mass is 79.9. The highest BCUT2D eigenvalue weighted by Gasteiger charge is 2.20. The van der Waals surface area contributed by atoms with Crippen LogP contribution >= 0.6 is 15.9 Å². The van der Waals surface area contributed by atoms with E-state index in [1.165, 1.54) is 12.8 Å². The summed E-state index contributed by atoms with van der Waals surface area (Å²) in [6, 6.07) is 0.750. The van der Waals surface area contributed by atoms with Gasteiger partial charge in [0.2, 0.25) is 0 Å². The van der Waals surface area contributed by atoms with E-state index in [-0.39, 0.29) is 0 Å². The van der Waals surface area contributed by atoms with Gasteiger partial charge in [-0.25, -0.2) is 4.98 Å². The zero-order valence-electron chi connectivity index (χ0n) is 7.05. The maximum atomic E-state index is 4.33. The molecule has 1 aliphatic carbocycles. The van der Waals surface area contributed by atoms with E-state index in [4.69, 9.17) is 0 Å². The number of hydrogen-bond acceptors (Lipinski definition) is 2. The molecular formula is C8H12BrN3. The minimum Gasteiger partial charge on any atom is -0.336 e. The van der Waals surface area contributed by atoms with Crippen molar-refractivity contribution in [3.05, 3.63) is 16.6 Å². The summed E-state index contributed by atoms with van der Waals surface area (Å²) in [6.07, 6.45) is 4.63. The highest BCUT2D eigenvalue weighted by Crippen LogP contribution is 2.19. The fourth-order valence-corrected chi connectivity index (χ4v) is 1.66. The number of nitrogens with zero attached hydrogens (tertiary/aromatic N) is 2. The molecule has 1 N–H and O–H groups in total. The second kappa shape index (κ2) is 3.18. The zero-order valence-corrected chi connectivity index (χ0v) is 8.63. The second-order valence-electron chi connectivity index (χ2n) is 3.25. The van der Waals surface area contributed by atoms with Gasteiger partial charge in [0.1, 0.15) is 10.4 Å². The van der Waals surface area contributed by atoms with E-state index in [9.17, 15) is 0 Å². The van der Waals surface area contributed by atoms with E-state index in [0.29, 0.717) is 0 Å². The summed E-state index contributed by atoms with van der Waals surface area (Å²) in [5.41, 5.74) is 0. The molecule has 0 radical (unpaired) electrons. The Morgan fingerprint density at radius 1 is 1.75 bits per heavy atom. The van der Waals surface area contributed by atoms with Gasteiger partial charge in [-0.3, -0.25) is 0 Å². The van der Waals surface area contributed by atoms with Crippen LogP contribution in [0.1, 0.15) is 18.7 Å². The molecule has 1 aromatic heterocycles. The van der Waals surface area contributed by atoms with Gasteiger partial charge in [0.15, 0.2) is 0 Å². The molecule has 0 aliphatic heterocycles. The van der Waals surface area contributed by atoms with Crippen LogP contribution in [0, 0.1) is 0 Å². The standard InChI is InChI=1S/C8H12BrN3/c1-12-5-7(9)11-8(12)4-10-6-2-3-6/h5-6,10H,2-4H2,1H3. The van der Waals surface area contributed by atoms with E-state index in [1.807, 2.05) is 17.8 Å². The van der Waals surface area contributed by atoms with Gasteiger partial charge in [0, 0.05) is 19.3 Å². The van der Waals surface area contributed by atoms with Crippen LogP contribution in [0.3, 0.4) is 0 Å². The molecule has 3 nitrogen and oxygen atoms in total. The summed E-state index contributed by atoms with van der Waals surface area (Å²) in [5.74, 6) is 1.09. The molecule has 66 valence electrons. The zero-order chi connectivity index (χ0) is 8.55. The maximum Gasteiger partial charge on any atom is 0.124 e. The quantitative estimate of drug-likeness (QED) is 0.851. The summed E-state index contributed by atoms with van der Waals surface area (Å²) < 4.78 is 2.96. The van der Waals surface area contributed by atoms with Gasteiger partial charge in [-0.15, -0.1) is 0 Å². The van der Waals surface area contributed by atoms with Crippen molar-refractivity contribution >= 4 is 15.9 Å². The minimum absolute atomic E-state index is 0.750. The van der Waals surface area contributed by atoms with Crippen LogP contribution in [0.2, 0.25) is 0 Å². The summed E-state index contributed by atoms with van der Waals surface area (Å²) in [5, 5.41) is 3.42. The Bertz CT molecular complexity index is 278. The first-order valence-electron chi connectivity index (χ1n) is 4.17. The number of imidazole rings is 1. The number of aromatic nitrogens is 2. The Labute approximate surface area is 80.3 Å². The third kappa shape index (κ3) is 1.87. The first kappa shape index (κ1) is 8.26. The van der Waals surface area contributed by atoms with E-state index >= 15 is 0 Å². The SMILES string of the molecule is Cn1cc(Br)nc1CNC1CC1. The molecule has 0 aromatic carbocycles. The Hall–Kier alpha value is -0.350. The van der Waals surface area contributed by atoms with Gasteiger partial charge in [-0.05, 0) is 28.8 Å². The van der Waals surface area contributed by atoms with Crippen LogP contribution in [-0.2, 0) is 13.6 Å². The van der Waals surface area contributed by atoms with Gasteiger partial charge < -0.3 is 9.88 Å². The van der Waals surface area contributed by atoms with Gasteiger partial charge >= 0.3 is 0 Å². The third-order valence-corrected chi connectivity index (χ3v) is 2.45. The molecular weight excluding hydrogens is 218 g/mol. The molecule has 0 saturated heterocycles. The van der Waals surface area contributed by atoms with Crippen molar-refractivity contribution in [1.82, 2.24) is 14.9 Å². The highest BCUT2D eigenvalue weighted by molar-refractivity contribution is 9.10. The molecule has 1 heterocycles. The van der Waals surface area contributed by atoms with E-state index in [0.717, 1.165) is 23.0 Å². The van der Waals surface area contributed by atoms with Gasteiger partial charge in [-0.2, -0.15) is 0 Å². The molecule has 12 heavy (non-hydrogen) atoms. The Morgan fingerprint density at radius 2 is 2.50 bits per heavy atom. The van der Waals surface area contributed by atoms with Crippen LogP contribution < -0.4 is 5.32 Å². The average molecular weight is 230 g/mol. The Morgan fingerprint density at radius 3 is 3.00 bits per heavy atom. The number of nitrogens with one attached hydrogen (secondary N) is 1. The fourth-order valence-electron chi connectivity index (χ4n) is 1.15. The van der Waals surface area contributed by atoms with Crippen molar-refractivity contribution in [3.63, 3.8) is 0 Å². The number of halogens is 1. The monoisotopic (exact) mass is 229 g/mol. The van der Waals surface area contributed by atoms with Crippen molar-refractivity contribution < 1.29 is 0 Å². The molecule has 1 aliphatic rings. The third-order valence-electron chi connectivity index (χ3n) is 2.07. The van der Waals surface area contributed by atoms with Crippen LogP contribution in [0.25, 0.3) is 0 Å². The first-order chi connectivity index (χ1) is 5.75. The number of hydrogen-bond donors (Lipinski definition) is 1. The van der Waals surface area contributed by atoms with E-state index in [2.05, 4.69) is 26.2 Å². The first-order valence-corrected chi connectivity index (χ1v) is 4.96. The van der Waals surface area contributed by atoms with Gasteiger partial charge in [0.05, 0.1) is 6.54 Å². The predicted octanol–water partition coefficient (Wildman–Crippen LogP) is 1.43. The summed E-state index contributed by atoms with van der Waals surface area (Å²) in [6.45, 7) is 0.882. The van der Waals surface area contributed by atoms with Crippen molar-refractivity contribution in [1.29, 1.82) is 0 Å². The largest absolute Gasteiger partial charge is 0.336 e. The lowest BCUT2D eigenvalue weighted by atomic mass is 10.5. The van der Waals surface area contributed by atoms with Crippen LogP contribution in [0.4, 0.5) is 0 Å². The number of rotatable bonds is 3. The molecule has 0 bridgehead atoms. The summed E-state index contributed by atoms with van der Waals surface area (Å²) in [4.78, 5) is 4.33. The van der Waals surface area contributed by atoms with E-state index in [1.54, 1.807) is 0 Å². The Balaban J connectivity index is 1.96. The molecule has 1 aromatic rings. The molecule has 1 fully saturated rings. The van der Waals surface area contributed by atoms with Crippen LogP contribution in [0.5, 0.6) is 0 Å². The number of aryl methyl sites for hydroxylation is 1. The van der Waals surface area contributed by atoms with Gasteiger partial charge in [-0.1, -0.05) is 0 Å². The molecule has 1 saturated carbocycles. The molecule has 0 unspecified atom stereocenters. The molecule has 0 atom stereocenters. The minimum atomic E-state index is 0.750. The van der Waals surface area contributed by atoms with Gasteiger partial charge in [0.25, 0.3) is 0 Å². The lowest BCUT2D eigenvalue weighted by molar-refractivity contribution is 0.635. The van der Waals surface area contributed by atoms with Crippen molar-refractivity contribution in [2.45, 2.75) is 25.4 Å². The Kier molecular flexibility index (Phi) is 2.19. The van der Waals surface area contributed by atoms with Crippen LogP contribution in [-0.4, -0.2) is 15.6 Å². The average Bonchev–Trinajstić information content (AvgIpc) is 2.76. The van der Waals surface area contributed by atoms with Crippen LogP contribution in [0.15, 0.2) is 10.8 Å². The fraction of sp³-hybridized carbons (Fsp3) is 0.625. The van der Waals surface area contributed by atoms with Crippen molar-refractivity contribution in [2.75, 3.05) is 0 Å². The maximum absolute atomic E-state index is 4.33. The lowest BCUT2D eigenvalue weighted by Crippen LogP contribution is -2.17. The summed E-state index contributed by atoms with van der Waals surface area (Å²) in [7, 11) is 2.02. The van der Waals surface area contributed by atoms with E-state index < -0.39 is 0 Å². The van der Waals surface area contributed by atoms with Crippen molar-refractivity contribution in [2.24, 2.45) is 7.05 Å². The van der Waals surface area contributed by atoms with Crippen molar-refractivity contribution in [3.8, 4) is 0 Å². The topological polar surface area (TPSA) is 29.9 Å². The molecule has 0 spiro atoms. The predicted molar refractivity (Wildman–Crippen MR) is 50.8 cm³/mol. The molecule has 2 rings (SSSR count). The molecule has 0 amide bonds. The second-order valence-corrected chi connectivity index (χ2v) is 4.06. The lowest BCUT2D eigenvalue weighted by Gasteiger charge is -2.01. The summed E-state index contributed by atoms with van der Waals surface area (Å²) >= 11 is 3.35.